The van der Waals surface area contributed by atoms with Crippen molar-refractivity contribution in [2.75, 3.05) is 24.5 Å². The first-order chi connectivity index (χ1) is 12.0. The summed E-state index contributed by atoms with van der Waals surface area (Å²) in [6.07, 6.45) is -0.0290. The van der Waals surface area contributed by atoms with Crippen LogP contribution in [0.5, 0.6) is 5.75 Å². The molecule has 4 rings (SSSR count). The van der Waals surface area contributed by atoms with E-state index in [4.69, 9.17) is 4.74 Å². The largest absolute Gasteiger partial charge is 0.486 e. The van der Waals surface area contributed by atoms with E-state index < -0.39 is 0 Å². The van der Waals surface area contributed by atoms with E-state index in [2.05, 4.69) is 43.1 Å². The van der Waals surface area contributed by atoms with Crippen LogP contribution in [0.3, 0.4) is 0 Å². The number of benzene rings is 2. The van der Waals surface area contributed by atoms with Gasteiger partial charge in [-0.1, -0.05) is 51.1 Å². The molecule has 0 radical (unpaired) electrons. The summed E-state index contributed by atoms with van der Waals surface area (Å²) in [5.41, 5.74) is 2.88. The Hall–Kier alpha value is -2.07. The predicted octanol–water partition coefficient (Wildman–Crippen LogP) is 4.04. The minimum absolute atomic E-state index is 0.0210. The van der Waals surface area contributed by atoms with Crippen LogP contribution in [0.1, 0.15) is 37.9 Å². The zero-order chi connectivity index (χ0) is 17.6. The summed E-state index contributed by atoms with van der Waals surface area (Å²) in [5.74, 6) is 0.771. The molecule has 2 aliphatic heterocycles. The summed E-state index contributed by atoms with van der Waals surface area (Å²) in [6.45, 7) is 8.88. The molecule has 2 heterocycles. The van der Waals surface area contributed by atoms with Crippen molar-refractivity contribution in [2.45, 2.75) is 38.3 Å². The second-order valence-electron chi connectivity index (χ2n) is 7.59. The lowest BCUT2D eigenvalue weighted by molar-refractivity contribution is 0.198. The van der Waals surface area contributed by atoms with Crippen molar-refractivity contribution in [1.29, 1.82) is 0 Å². The van der Waals surface area contributed by atoms with Gasteiger partial charge in [0.05, 0.1) is 11.7 Å². The van der Waals surface area contributed by atoms with Crippen LogP contribution in [0.4, 0.5) is 10.1 Å². The quantitative estimate of drug-likeness (QED) is 0.909. The summed E-state index contributed by atoms with van der Waals surface area (Å²) >= 11 is 0. The molecule has 25 heavy (non-hydrogen) atoms. The molecule has 2 aromatic rings. The Morgan fingerprint density at radius 2 is 2.00 bits per heavy atom. The van der Waals surface area contributed by atoms with E-state index in [9.17, 15) is 4.39 Å². The van der Waals surface area contributed by atoms with Gasteiger partial charge in [0.25, 0.3) is 0 Å². The fourth-order valence-electron chi connectivity index (χ4n) is 4.25. The van der Waals surface area contributed by atoms with E-state index in [1.54, 1.807) is 6.07 Å². The molecule has 2 atom stereocenters. The number of nitrogens with one attached hydrogen (secondary N) is 1. The number of fused-ring (bicyclic) bond motifs is 2. The van der Waals surface area contributed by atoms with Gasteiger partial charge in [0.1, 0.15) is 17.7 Å². The minimum Gasteiger partial charge on any atom is -0.486 e. The lowest BCUT2D eigenvalue weighted by Gasteiger charge is -2.32. The average Bonchev–Trinajstić information content (AvgIpc) is 3.08. The van der Waals surface area contributed by atoms with Gasteiger partial charge in [-0.05, 0) is 24.2 Å². The second-order valence-corrected chi connectivity index (χ2v) is 7.59. The van der Waals surface area contributed by atoms with Crippen LogP contribution in [0, 0.1) is 5.82 Å². The molecule has 1 N–H and O–H groups in total. The Balaban J connectivity index is 1.80. The van der Waals surface area contributed by atoms with E-state index in [1.165, 1.54) is 0 Å². The van der Waals surface area contributed by atoms with Crippen LogP contribution < -0.4 is 15.0 Å². The molecule has 0 saturated carbocycles. The Kier molecular flexibility index (Phi) is 3.95. The van der Waals surface area contributed by atoms with Crippen molar-refractivity contribution in [3.8, 4) is 5.75 Å². The maximum Gasteiger partial charge on any atom is 0.146 e. The first kappa shape index (κ1) is 16.4. The number of nitrogens with zero attached hydrogens (tertiary/aromatic N) is 1. The van der Waals surface area contributed by atoms with E-state index in [-0.39, 0.29) is 23.4 Å². The van der Waals surface area contributed by atoms with Crippen molar-refractivity contribution in [3.05, 3.63) is 59.4 Å². The number of halogens is 1. The summed E-state index contributed by atoms with van der Waals surface area (Å²) in [7, 11) is 0. The maximum atomic E-state index is 14.8. The van der Waals surface area contributed by atoms with Crippen molar-refractivity contribution in [3.63, 3.8) is 0 Å². The smallest absolute Gasteiger partial charge is 0.146 e. The molecule has 0 spiro atoms. The molecule has 2 aliphatic rings. The Labute approximate surface area is 148 Å². The number of hydrogen-bond acceptors (Lipinski definition) is 3. The number of hydrogen-bond donors (Lipinski definition) is 1. The number of ether oxygens (including phenoxy) is 1. The van der Waals surface area contributed by atoms with Gasteiger partial charge in [0.2, 0.25) is 0 Å². The summed E-state index contributed by atoms with van der Waals surface area (Å²) < 4.78 is 21.0. The summed E-state index contributed by atoms with van der Waals surface area (Å²) in [6, 6.07) is 13.6. The average molecular weight is 340 g/mol. The van der Waals surface area contributed by atoms with Crippen LogP contribution in [0.25, 0.3) is 0 Å². The van der Waals surface area contributed by atoms with Crippen molar-refractivity contribution < 1.29 is 9.13 Å². The normalized spacial score (nSPS) is 23.3. The van der Waals surface area contributed by atoms with E-state index in [1.807, 2.05) is 24.3 Å². The Bertz CT molecular complexity index is 789. The number of rotatable bonds is 4. The van der Waals surface area contributed by atoms with Gasteiger partial charge >= 0.3 is 0 Å². The van der Waals surface area contributed by atoms with E-state index in [0.29, 0.717) is 0 Å². The Morgan fingerprint density at radius 3 is 2.80 bits per heavy atom. The van der Waals surface area contributed by atoms with Gasteiger partial charge in [0.15, 0.2) is 0 Å². The molecule has 132 valence electrons. The van der Waals surface area contributed by atoms with Gasteiger partial charge in [0, 0.05) is 24.1 Å². The molecule has 2 aromatic carbocycles. The molecular weight excluding hydrogens is 315 g/mol. The topological polar surface area (TPSA) is 24.5 Å². The molecule has 0 bridgehead atoms. The third-order valence-electron chi connectivity index (χ3n) is 5.37. The lowest BCUT2D eigenvalue weighted by Crippen LogP contribution is -2.42. The van der Waals surface area contributed by atoms with E-state index in [0.717, 1.165) is 42.2 Å². The monoisotopic (exact) mass is 340 g/mol. The maximum absolute atomic E-state index is 14.8. The fraction of sp³-hybridized carbons (Fsp3) is 0.429. The van der Waals surface area contributed by atoms with Crippen molar-refractivity contribution >= 4 is 5.69 Å². The predicted molar refractivity (Wildman–Crippen MR) is 98.9 cm³/mol. The first-order valence-electron chi connectivity index (χ1n) is 9.05. The van der Waals surface area contributed by atoms with Gasteiger partial charge < -0.3 is 15.0 Å². The van der Waals surface area contributed by atoms with Crippen LogP contribution >= 0.6 is 0 Å². The molecule has 4 heteroatoms. The number of likely N-dealkylation sites (N-methyl/N-ethyl adjacent to an activating group) is 1. The zero-order valence-corrected chi connectivity index (χ0v) is 15.1. The molecule has 0 aliphatic carbocycles. The number of para-hydroxylation sites is 2. The summed E-state index contributed by atoms with van der Waals surface area (Å²) in [4.78, 5) is 2.22. The molecule has 0 aromatic heterocycles. The molecular formula is C21H25FN2O. The van der Waals surface area contributed by atoms with Gasteiger partial charge in [-0.25, -0.2) is 4.39 Å². The Morgan fingerprint density at radius 1 is 1.20 bits per heavy atom. The van der Waals surface area contributed by atoms with Gasteiger partial charge in [-0.3, -0.25) is 0 Å². The standard InChI is InChI=1S/C21H25FN2O/c1-4-23-12-18-19(14-8-5-6-11-17(14)25-18)24-13-21(2,3)15-9-7-10-16(22)20(15)24/h5-11,18-19,23H,4,12-13H2,1-3H3/t18-,19+/m0/s1. The highest BCUT2D eigenvalue weighted by Gasteiger charge is 2.46. The molecule has 0 fully saturated rings. The van der Waals surface area contributed by atoms with Crippen molar-refractivity contribution in [1.82, 2.24) is 5.32 Å². The molecule has 0 amide bonds. The van der Waals surface area contributed by atoms with Crippen molar-refractivity contribution in [2.24, 2.45) is 0 Å². The molecule has 3 nitrogen and oxygen atoms in total. The highest BCUT2D eigenvalue weighted by atomic mass is 19.1. The van der Waals surface area contributed by atoms with Crippen LogP contribution in [-0.2, 0) is 5.41 Å². The molecule has 0 saturated heterocycles. The first-order valence-corrected chi connectivity index (χ1v) is 9.05. The van der Waals surface area contributed by atoms with E-state index >= 15 is 0 Å². The highest BCUT2D eigenvalue weighted by Crippen LogP contribution is 2.50. The zero-order valence-electron chi connectivity index (χ0n) is 15.1. The third kappa shape index (κ3) is 2.60. The SMILES string of the molecule is CCNC[C@@H]1Oc2ccccc2[C@H]1N1CC(C)(C)c2cccc(F)c21. The van der Waals surface area contributed by atoms with Crippen LogP contribution in [-0.4, -0.2) is 25.7 Å². The molecule has 0 unspecified atom stereocenters. The second kappa shape index (κ2) is 6.03. The fourth-order valence-corrected chi connectivity index (χ4v) is 4.25. The summed E-state index contributed by atoms with van der Waals surface area (Å²) in [5, 5.41) is 3.39. The van der Waals surface area contributed by atoms with Crippen LogP contribution in [0.2, 0.25) is 0 Å². The third-order valence-corrected chi connectivity index (χ3v) is 5.37. The minimum atomic E-state index is -0.144. The van der Waals surface area contributed by atoms with Crippen LogP contribution in [0.15, 0.2) is 42.5 Å². The van der Waals surface area contributed by atoms with Gasteiger partial charge in [-0.15, -0.1) is 0 Å². The highest BCUT2D eigenvalue weighted by molar-refractivity contribution is 5.65. The van der Waals surface area contributed by atoms with Gasteiger partial charge in [-0.2, -0.15) is 0 Å². The lowest BCUT2D eigenvalue weighted by atomic mass is 9.87. The number of anilines is 1.